The molecule has 0 aromatic heterocycles. The Bertz CT molecular complexity index is 1210. The lowest BCUT2D eigenvalue weighted by Crippen LogP contribution is -2.52. The Kier molecular flexibility index (Phi) is 9.28. The summed E-state index contributed by atoms with van der Waals surface area (Å²) in [6, 6.07) is 14.5. The van der Waals surface area contributed by atoms with Gasteiger partial charge in [-0.15, -0.1) is 0 Å². The molecule has 1 heterocycles. The Labute approximate surface area is 229 Å². The molecule has 0 spiro atoms. The maximum atomic E-state index is 14.7. The molecule has 1 aliphatic carbocycles. The summed E-state index contributed by atoms with van der Waals surface area (Å²) >= 11 is 0. The number of imide groups is 1. The molecule has 39 heavy (non-hydrogen) atoms. The molecule has 2 aromatic carbocycles. The summed E-state index contributed by atoms with van der Waals surface area (Å²) in [6.45, 7) is 3.66. The quantitative estimate of drug-likeness (QED) is 0.349. The van der Waals surface area contributed by atoms with Crippen molar-refractivity contribution in [1.82, 2.24) is 15.1 Å². The highest BCUT2D eigenvalue weighted by molar-refractivity contribution is 6.05. The van der Waals surface area contributed by atoms with Gasteiger partial charge in [0.2, 0.25) is 23.6 Å². The van der Waals surface area contributed by atoms with Gasteiger partial charge in [-0.25, -0.2) is 4.39 Å². The van der Waals surface area contributed by atoms with Gasteiger partial charge in [0.15, 0.2) is 0 Å². The van der Waals surface area contributed by atoms with Gasteiger partial charge in [-0.05, 0) is 37.8 Å². The van der Waals surface area contributed by atoms with E-state index >= 15 is 0 Å². The predicted molar refractivity (Wildman–Crippen MR) is 145 cm³/mol. The number of nitrogens with one attached hydrogen (secondary N) is 1. The van der Waals surface area contributed by atoms with Gasteiger partial charge >= 0.3 is 0 Å². The van der Waals surface area contributed by atoms with E-state index in [1.807, 2.05) is 56.3 Å². The average molecular weight is 534 g/mol. The molecule has 2 aliphatic rings. The first-order valence-corrected chi connectivity index (χ1v) is 13.7. The molecule has 1 aliphatic heterocycles. The third-order valence-corrected chi connectivity index (χ3v) is 7.72. The number of rotatable bonds is 11. The van der Waals surface area contributed by atoms with Gasteiger partial charge in [0.05, 0.1) is 11.8 Å². The lowest BCUT2D eigenvalue weighted by atomic mass is 9.85. The standard InChI is InChI=1S/C31H36FN3O4/c1-3-21(2)33-29(37)27(19-22-11-5-4-6-12-22)35(20-23-13-7-10-16-26(23)32)28(36)17-18-34-30(38)24-14-8-9-15-25(24)31(34)39/h4-13,16,21,24-25,27H,3,14-15,17-20H2,1-2H3,(H,33,37)/t21-,24-,25+,27+/m1/s1. The largest absolute Gasteiger partial charge is 0.352 e. The molecule has 1 N–H and O–H groups in total. The number of nitrogens with zero attached hydrogens (tertiary/aromatic N) is 2. The van der Waals surface area contributed by atoms with Crippen LogP contribution < -0.4 is 5.32 Å². The van der Waals surface area contributed by atoms with Crippen molar-refractivity contribution in [2.75, 3.05) is 6.54 Å². The summed E-state index contributed by atoms with van der Waals surface area (Å²) in [6.07, 6.45) is 5.67. The van der Waals surface area contributed by atoms with Crippen molar-refractivity contribution in [2.24, 2.45) is 11.8 Å². The zero-order valence-electron chi connectivity index (χ0n) is 22.5. The molecule has 8 heteroatoms. The van der Waals surface area contributed by atoms with Crippen LogP contribution in [0.25, 0.3) is 0 Å². The van der Waals surface area contributed by atoms with E-state index in [0.717, 1.165) is 5.56 Å². The minimum Gasteiger partial charge on any atom is -0.352 e. The van der Waals surface area contributed by atoms with Crippen LogP contribution in [-0.2, 0) is 32.1 Å². The van der Waals surface area contributed by atoms with E-state index in [1.165, 1.54) is 15.9 Å². The second-order valence-corrected chi connectivity index (χ2v) is 10.4. The summed E-state index contributed by atoms with van der Waals surface area (Å²) in [5, 5.41) is 2.98. The van der Waals surface area contributed by atoms with Gasteiger partial charge in [0, 0.05) is 37.5 Å². The topological polar surface area (TPSA) is 86.8 Å². The monoisotopic (exact) mass is 533 g/mol. The summed E-state index contributed by atoms with van der Waals surface area (Å²) in [5.74, 6) is -2.48. The van der Waals surface area contributed by atoms with Gasteiger partial charge in [-0.1, -0.05) is 67.6 Å². The molecule has 2 aromatic rings. The zero-order valence-corrected chi connectivity index (χ0v) is 22.5. The Balaban J connectivity index is 1.60. The number of likely N-dealkylation sites (tertiary alicyclic amines) is 1. The van der Waals surface area contributed by atoms with Gasteiger partial charge in [-0.3, -0.25) is 24.1 Å². The molecule has 0 radical (unpaired) electrons. The zero-order chi connectivity index (χ0) is 27.9. The van der Waals surface area contributed by atoms with Crippen molar-refractivity contribution in [3.8, 4) is 0 Å². The second-order valence-electron chi connectivity index (χ2n) is 10.4. The number of allylic oxidation sites excluding steroid dienone is 2. The number of benzene rings is 2. The van der Waals surface area contributed by atoms with Crippen LogP contribution in [0.4, 0.5) is 4.39 Å². The summed E-state index contributed by atoms with van der Waals surface area (Å²) in [5.41, 5.74) is 1.14. The Morgan fingerprint density at radius 2 is 1.62 bits per heavy atom. The number of fused-ring (bicyclic) bond motifs is 1. The molecule has 4 amide bonds. The number of halogens is 1. The normalized spacial score (nSPS) is 19.9. The van der Waals surface area contributed by atoms with E-state index in [0.29, 0.717) is 19.3 Å². The van der Waals surface area contributed by atoms with E-state index in [2.05, 4.69) is 5.32 Å². The second kappa shape index (κ2) is 12.8. The van der Waals surface area contributed by atoms with Crippen molar-refractivity contribution in [1.29, 1.82) is 0 Å². The molecule has 0 saturated carbocycles. The van der Waals surface area contributed by atoms with E-state index in [-0.39, 0.29) is 67.1 Å². The highest BCUT2D eigenvalue weighted by atomic mass is 19.1. The Morgan fingerprint density at radius 3 is 2.23 bits per heavy atom. The molecule has 7 nitrogen and oxygen atoms in total. The first-order valence-electron chi connectivity index (χ1n) is 13.7. The fourth-order valence-corrected chi connectivity index (χ4v) is 5.25. The van der Waals surface area contributed by atoms with E-state index in [4.69, 9.17) is 0 Å². The number of hydrogen-bond donors (Lipinski definition) is 1. The molecule has 1 fully saturated rings. The smallest absolute Gasteiger partial charge is 0.243 e. The molecular formula is C31H36FN3O4. The van der Waals surface area contributed by atoms with E-state index in [9.17, 15) is 23.6 Å². The van der Waals surface area contributed by atoms with Gasteiger partial charge < -0.3 is 10.2 Å². The van der Waals surface area contributed by atoms with E-state index < -0.39 is 17.8 Å². The number of carbonyl (C=O) groups is 4. The third-order valence-electron chi connectivity index (χ3n) is 7.72. The SMILES string of the molecule is CC[C@@H](C)NC(=O)[C@H](Cc1ccccc1)N(Cc1ccccc1F)C(=O)CCN1C(=O)[C@H]2CC=CC[C@H]2C1=O. The number of amides is 4. The Hall–Kier alpha value is -3.81. The maximum Gasteiger partial charge on any atom is 0.243 e. The van der Waals surface area contributed by atoms with Gasteiger partial charge in [0.1, 0.15) is 11.9 Å². The fraction of sp³-hybridized carbons (Fsp3) is 0.419. The van der Waals surface area contributed by atoms with Crippen molar-refractivity contribution in [3.63, 3.8) is 0 Å². The average Bonchev–Trinajstić information content (AvgIpc) is 3.19. The fourth-order valence-electron chi connectivity index (χ4n) is 5.25. The first kappa shape index (κ1) is 28.2. The van der Waals surface area contributed by atoms with Crippen LogP contribution in [0.1, 0.15) is 50.7 Å². The summed E-state index contributed by atoms with van der Waals surface area (Å²) in [7, 11) is 0. The van der Waals surface area contributed by atoms with Gasteiger partial charge in [0.25, 0.3) is 0 Å². The van der Waals surface area contributed by atoms with Crippen molar-refractivity contribution in [2.45, 2.75) is 64.6 Å². The minimum atomic E-state index is -0.912. The molecule has 206 valence electrons. The Morgan fingerprint density at radius 1 is 1.00 bits per heavy atom. The molecule has 0 unspecified atom stereocenters. The molecule has 4 rings (SSSR count). The highest BCUT2D eigenvalue weighted by Crippen LogP contribution is 2.35. The maximum absolute atomic E-state index is 14.7. The minimum absolute atomic E-state index is 0.0672. The highest BCUT2D eigenvalue weighted by Gasteiger charge is 2.47. The summed E-state index contributed by atoms with van der Waals surface area (Å²) in [4.78, 5) is 55.8. The lowest BCUT2D eigenvalue weighted by molar-refractivity contribution is -0.144. The predicted octanol–water partition coefficient (Wildman–Crippen LogP) is 4.02. The number of hydrogen-bond acceptors (Lipinski definition) is 4. The van der Waals surface area contributed by atoms with Crippen LogP contribution in [0.15, 0.2) is 66.7 Å². The molecule has 4 atom stereocenters. The van der Waals surface area contributed by atoms with Crippen LogP contribution in [0.5, 0.6) is 0 Å². The lowest BCUT2D eigenvalue weighted by Gasteiger charge is -2.33. The molecule has 1 saturated heterocycles. The van der Waals surface area contributed by atoms with Crippen LogP contribution in [0.2, 0.25) is 0 Å². The van der Waals surface area contributed by atoms with Crippen LogP contribution in [-0.4, -0.2) is 52.1 Å². The van der Waals surface area contributed by atoms with Crippen molar-refractivity contribution < 1.29 is 23.6 Å². The van der Waals surface area contributed by atoms with Gasteiger partial charge in [-0.2, -0.15) is 0 Å². The summed E-state index contributed by atoms with van der Waals surface area (Å²) < 4.78 is 14.7. The van der Waals surface area contributed by atoms with Crippen molar-refractivity contribution in [3.05, 3.63) is 83.7 Å². The van der Waals surface area contributed by atoms with Crippen molar-refractivity contribution >= 4 is 23.6 Å². The van der Waals surface area contributed by atoms with Crippen LogP contribution in [0, 0.1) is 17.7 Å². The first-order chi connectivity index (χ1) is 18.8. The molecule has 0 bridgehead atoms. The number of carbonyl (C=O) groups excluding carboxylic acids is 4. The third kappa shape index (κ3) is 6.61. The van der Waals surface area contributed by atoms with E-state index in [1.54, 1.807) is 18.2 Å². The van der Waals surface area contributed by atoms with Crippen LogP contribution in [0.3, 0.4) is 0 Å². The van der Waals surface area contributed by atoms with Crippen LogP contribution >= 0.6 is 0 Å². The molecular weight excluding hydrogens is 497 g/mol.